The van der Waals surface area contributed by atoms with Crippen LogP contribution in [-0.2, 0) is 9.53 Å². The van der Waals surface area contributed by atoms with Gasteiger partial charge < -0.3 is 25.8 Å². The molecule has 3 rings (SSSR count). The first kappa shape index (κ1) is 24.0. The number of phenols is 1. The number of phenolic OH excluding ortho intramolecular Hbond substituents is 1. The summed E-state index contributed by atoms with van der Waals surface area (Å²) >= 11 is 0. The normalized spacial score (nSPS) is 10.2. The van der Waals surface area contributed by atoms with Gasteiger partial charge in [-0.15, -0.1) is 0 Å². The third-order valence-electron chi connectivity index (χ3n) is 4.63. The third-order valence-corrected chi connectivity index (χ3v) is 4.63. The second kappa shape index (κ2) is 10.8. The van der Waals surface area contributed by atoms with Gasteiger partial charge in [0.25, 0.3) is 11.8 Å². The van der Waals surface area contributed by atoms with Gasteiger partial charge in [0.2, 0.25) is 5.91 Å². The van der Waals surface area contributed by atoms with Crippen molar-refractivity contribution in [2.24, 2.45) is 0 Å². The zero-order chi connectivity index (χ0) is 24.7. The van der Waals surface area contributed by atoms with Gasteiger partial charge in [0.1, 0.15) is 5.75 Å². The van der Waals surface area contributed by atoms with Crippen molar-refractivity contribution in [2.45, 2.75) is 13.8 Å². The molecule has 0 spiro atoms. The summed E-state index contributed by atoms with van der Waals surface area (Å²) in [5.74, 6) is -2.15. The molecular formula is C25H23N3O6. The van der Waals surface area contributed by atoms with Crippen molar-refractivity contribution < 1.29 is 29.0 Å². The second-order valence-electron chi connectivity index (χ2n) is 7.16. The van der Waals surface area contributed by atoms with Crippen LogP contribution in [0.5, 0.6) is 5.75 Å². The predicted molar refractivity (Wildman–Crippen MR) is 127 cm³/mol. The van der Waals surface area contributed by atoms with E-state index in [0.29, 0.717) is 11.3 Å². The highest BCUT2D eigenvalue weighted by molar-refractivity contribution is 6.14. The molecule has 0 aliphatic heterocycles. The third kappa shape index (κ3) is 5.98. The van der Waals surface area contributed by atoms with Gasteiger partial charge in [-0.25, -0.2) is 4.79 Å². The lowest BCUT2D eigenvalue weighted by Crippen LogP contribution is -2.19. The van der Waals surface area contributed by atoms with Crippen LogP contribution in [0.15, 0.2) is 66.7 Å². The van der Waals surface area contributed by atoms with Gasteiger partial charge in [0.15, 0.2) is 0 Å². The fourth-order valence-corrected chi connectivity index (χ4v) is 3.10. The zero-order valence-electron chi connectivity index (χ0n) is 18.5. The first-order chi connectivity index (χ1) is 16.3. The molecule has 0 aromatic heterocycles. The molecule has 0 saturated carbocycles. The summed E-state index contributed by atoms with van der Waals surface area (Å²) < 4.78 is 5.02. The molecule has 3 amide bonds. The Kier molecular flexibility index (Phi) is 7.60. The topological polar surface area (TPSA) is 134 Å². The molecule has 34 heavy (non-hydrogen) atoms. The van der Waals surface area contributed by atoms with E-state index in [1.54, 1.807) is 37.3 Å². The maximum atomic E-state index is 13.0. The van der Waals surface area contributed by atoms with Crippen molar-refractivity contribution in [3.63, 3.8) is 0 Å². The number of anilines is 3. The van der Waals surface area contributed by atoms with E-state index in [0.717, 1.165) is 0 Å². The van der Waals surface area contributed by atoms with Crippen LogP contribution in [0.3, 0.4) is 0 Å². The molecule has 3 aromatic carbocycles. The first-order valence-electron chi connectivity index (χ1n) is 10.4. The second-order valence-corrected chi connectivity index (χ2v) is 7.16. The summed E-state index contributed by atoms with van der Waals surface area (Å²) in [6, 6.07) is 16.5. The summed E-state index contributed by atoms with van der Waals surface area (Å²) in [6.45, 7) is 3.23. The number of carbonyl (C=O) groups excluding carboxylic acids is 4. The largest absolute Gasteiger partial charge is 0.508 e. The summed E-state index contributed by atoms with van der Waals surface area (Å²) in [7, 11) is 0. The number of carbonyl (C=O) groups is 4. The van der Waals surface area contributed by atoms with Gasteiger partial charge in [0, 0.05) is 18.2 Å². The minimum atomic E-state index is -0.649. The Labute approximate surface area is 195 Å². The van der Waals surface area contributed by atoms with Gasteiger partial charge in [-0.1, -0.05) is 12.1 Å². The highest BCUT2D eigenvalue weighted by atomic mass is 16.5. The quantitative estimate of drug-likeness (QED) is 0.310. The number of para-hydroxylation sites is 1. The molecule has 174 valence electrons. The van der Waals surface area contributed by atoms with Crippen molar-refractivity contribution in [2.75, 3.05) is 22.6 Å². The maximum absolute atomic E-state index is 13.0. The van der Waals surface area contributed by atoms with Gasteiger partial charge in [-0.05, 0) is 61.5 Å². The molecule has 0 aliphatic carbocycles. The monoisotopic (exact) mass is 461 g/mol. The fourth-order valence-electron chi connectivity index (χ4n) is 3.10. The minimum Gasteiger partial charge on any atom is -0.508 e. The highest BCUT2D eigenvalue weighted by Gasteiger charge is 2.19. The maximum Gasteiger partial charge on any atom is 0.340 e. The van der Waals surface area contributed by atoms with Gasteiger partial charge in [-0.2, -0.15) is 0 Å². The Morgan fingerprint density at radius 3 is 2.12 bits per heavy atom. The van der Waals surface area contributed by atoms with Crippen LogP contribution in [0.1, 0.15) is 44.9 Å². The molecule has 0 bridgehead atoms. The lowest BCUT2D eigenvalue weighted by Gasteiger charge is -2.14. The molecule has 0 saturated heterocycles. The van der Waals surface area contributed by atoms with E-state index >= 15 is 0 Å². The molecular weight excluding hydrogens is 438 g/mol. The Morgan fingerprint density at radius 1 is 0.794 bits per heavy atom. The molecule has 0 fully saturated rings. The first-order valence-corrected chi connectivity index (χ1v) is 10.4. The molecule has 3 aromatic rings. The molecule has 9 heteroatoms. The van der Waals surface area contributed by atoms with Crippen LogP contribution in [-0.4, -0.2) is 35.4 Å². The Morgan fingerprint density at radius 2 is 1.44 bits per heavy atom. The Balaban J connectivity index is 1.83. The van der Waals surface area contributed by atoms with Gasteiger partial charge >= 0.3 is 5.97 Å². The van der Waals surface area contributed by atoms with Crippen molar-refractivity contribution in [3.05, 3.63) is 83.4 Å². The number of amides is 3. The molecule has 0 aliphatic rings. The van der Waals surface area contributed by atoms with Gasteiger partial charge in [0.05, 0.1) is 29.1 Å². The number of nitrogens with one attached hydrogen (secondary N) is 3. The number of ether oxygens (including phenoxy) is 1. The van der Waals surface area contributed by atoms with Gasteiger partial charge in [-0.3, -0.25) is 14.4 Å². The van der Waals surface area contributed by atoms with E-state index < -0.39 is 17.8 Å². The summed E-state index contributed by atoms with van der Waals surface area (Å²) in [4.78, 5) is 49.1. The number of rotatable bonds is 7. The van der Waals surface area contributed by atoms with Crippen LogP contribution in [0.25, 0.3) is 0 Å². The average molecular weight is 461 g/mol. The van der Waals surface area contributed by atoms with Crippen molar-refractivity contribution in [1.82, 2.24) is 0 Å². The van der Waals surface area contributed by atoms with Crippen molar-refractivity contribution in [3.8, 4) is 5.75 Å². The van der Waals surface area contributed by atoms with E-state index in [1.807, 2.05) is 0 Å². The lowest BCUT2D eigenvalue weighted by molar-refractivity contribution is -0.114. The van der Waals surface area contributed by atoms with Crippen LogP contribution in [0.4, 0.5) is 17.1 Å². The SMILES string of the molecule is CCOC(=O)c1ccccc1NC(=O)c1cc(O)ccc1NC(=O)c1ccc(NC(C)=O)cc1. The number of hydrogen-bond acceptors (Lipinski definition) is 6. The zero-order valence-corrected chi connectivity index (χ0v) is 18.5. The smallest absolute Gasteiger partial charge is 0.340 e. The molecule has 9 nitrogen and oxygen atoms in total. The van der Waals surface area contributed by atoms with E-state index in [4.69, 9.17) is 4.74 Å². The standard InChI is InChI=1S/C25H23N3O6/c1-3-34-25(33)19-6-4-5-7-21(19)28-24(32)20-14-18(30)12-13-22(20)27-23(31)16-8-10-17(11-9-16)26-15(2)29/h4-14,30H,3H2,1-2H3,(H,26,29)(H,27,31)(H,28,32). The van der Waals surface area contributed by atoms with Crippen LogP contribution in [0.2, 0.25) is 0 Å². The van der Waals surface area contributed by atoms with Crippen LogP contribution < -0.4 is 16.0 Å². The van der Waals surface area contributed by atoms with Crippen molar-refractivity contribution >= 4 is 40.8 Å². The lowest BCUT2D eigenvalue weighted by atomic mass is 10.1. The number of aromatic hydroxyl groups is 1. The van der Waals surface area contributed by atoms with Crippen LogP contribution in [0, 0.1) is 0 Å². The van der Waals surface area contributed by atoms with E-state index in [-0.39, 0.29) is 40.8 Å². The predicted octanol–water partition coefficient (Wildman–Crippen LogP) is 4.03. The molecule has 4 N–H and O–H groups in total. The van der Waals surface area contributed by atoms with E-state index in [1.165, 1.54) is 43.3 Å². The fraction of sp³-hybridized carbons (Fsp3) is 0.120. The molecule has 0 radical (unpaired) electrons. The molecule has 0 atom stereocenters. The summed E-state index contributed by atoms with van der Waals surface area (Å²) in [5, 5.41) is 17.8. The minimum absolute atomic E-state index is 0.0121. The highest BCUT2D eigenvalue weighted by Crippen LogP contribution is 2.25. The van der Waals surface area contributed by atoms with Crippen LogP contribution >= 0.6 is 0 Å². The number of hydrogen-bond donors (Lipinski definition) is 4. The molecule has 0 heterocycles. The van der Waals surface area contributed by atoms with E-state index in [9.17, 15) is 24.3 Å². The summed E-state index contributed by atoms with van der Waals surface area (Å²) in [5.41, 5.74) is 1.36. The average Bonchev–Trinajstić information content (AvgIpc) is 2.80. The van der Waals surface area contributed by atoms with Crippen molar-refractivity contribution in [1.29, 1.82) is 0 Å². The summed E-state index contributed by atoms with van der Waals surface area (Å²) in [6.07, 6.45) is 0. The number of benzene rings is 3. The van der Waals surface area contributed by atoms with E-state index in [2.05, 4.69) is 16.0 Å². The number of esters is 1. The Hall–Kier alpha value is -4.66. The molecule has 0 unspecified atom stereocenters. The Bertz CT molecular complexity index is 1240.